The van der Waals surface area contributed by atoms with Gasteiger partial charge in [0.1, 0.15) is 11.6 Å². The van der Waals surface area contributed by atoms with E-state index in [1.165, 1.54) is 13.2 Å². The highest BCUT2D eigenvalue weighted by atomic mass is 19.1. The summed E-state index contributed by atoms with van der Waals surface area (Å²) in [5.41, 5.74) is 1.34. The molecule has 0 radical (unpaired) electrons. The fourth-order valence-corrected chi connectivity index (χ4v) is 1.96. The Morgan fingerprint density at radius 3 is 2.61 bits per heavy atom. The molecule has 0 aliphatic carbocycles. The van der Waals surface area contributed by atoms with Crippen molar-refractivity contribution in [3.63, 3.8) is 0 Å². The zero-order valence-electron chi connectivity index (χ0n) is 11.0. The molecule has 1 rings (SSSR count). The summed E-state index contributed by atoms with van der Waals surface area (Å²) in [6, 6.07) is 3.26. The quantitative estimate of drug-likeness (QED) is 0.846. The van der Waals surface area contributed by atoms with Gasteiger partial charge in [0.25, 0.3) is 0 Å². The lowest BCUT2D eigenvalue weighted by Crippen LogP contribution is -2.01. The summed E-state index contributed by atoms with van der Waals surface area (Å²) in [6.07, 6.45) is 1.13. The van der Waals surface area contributed by atoms with Crippen molar-refractivity contribution < 1.29 is 19.0 Å². The van der Waals surface area contributed by atoms with Crippen molar-refractivity contribution in [1.82, 2.24) is 0 Å². The van der Waals surface area contributed by atoms with Crippen LogP contribution < -0.4 is 4.74 Å². The highest BCUT2D eigenvalue weighted by molar-refractivity contribution is 5.66. The number of methoxy groups -OCH3 is 1. The van der Waals surface area contributed by atoms with Crippen LogP contribution in [-0.2, 0) is 11.2 Å². The van der Waals surface area contributed by atoms with Gasteiger partial charge in [-0.05, 0) is 36.5 Å². The number of aryl methyl sites for hydroxylation is 1. The van der Waals surface area contributed by atoms with Gasteiger partial charge in [-0.1, -0.05) is 13.8 Å². The Morgan fingerprint density at radius 2 is 2.11 bits per heavy atom. The van der Waals surface area contributed by atoms with Crippen LogP contribution >= 0.6 is 0 Å². The van der Waals surface area contributed by atoms with Gasteiger partial charge in [-0.2, -0.15) is 0 Å². The molecule has 0 amide bonds. The lowest BCUT2D eigenvalue weighted by Gasteiger charge is -2.14. The number of ether oxygens (including phenoxy) is 1. The maximum Gasteiger partial charge on any atom is 0.303 e. The molecule has 100 valence electrons. The molecule has 0 bridgehead atoms. The van der Waals surface area contributed by atoms with Crippen LogP contribution in [0.3, 0.4) is 0 Å². The number of halogens is 1. The van der Waals surface area contributed by atoms with E-state index < -0.39 is 5.97 Å². The van der Waals surface area contributed by atoms with Gasteiger partial charge in [0.05, 0.1) is 7.11 Å². The third-order valence-corrected chi connectivity index (χ3v) is 2.80. The first-order chi connectivity index (χ1) is 8.45. The topological polar surface area (TPSA) is 46.5 Å². The molecule has 0 saturated carbocycles. The molecule has 1 aromatic rings. The van der Waals surface area contributed by atoms with Crippen molar-refractivity contribution in [2.75, 3.05) is 7.11 Å². The molecule has 0 spiro atoms. The largest absolute Gasteiger partial charge is 0.496 e. The minimum Gasteiger partial charge on any atom is -0.496 e. The first-order valence-corrected chi connectivity index (χ1v) is 6.03. The molecule has 4 heteroatoms. The number of carbonyl (C=O) groups is 1. The number of rotatable bonds is 6. The summed E-state index contributed by atoms with van der Waals surface area (Å²) in [6.45, 7) is 3.82. The minimum absolute atomic E-state index is 0.0491. The number of carboxylic acid groups (broad SMARTS) is 1. The summed E-state index contributed by atoms with van der Waals surface area (Å²) >= 11 is 0. The van der Waals surface area contributed by atoms with Crippen LogP contribution in [0.5, 0.6) is 5.75 Å². The summed E-state index contributed by atoms with van der Waals surface area (Å²) in [5.74, 6) is -0.528. The van der Waals surface area contributed by atoms with Gasteiger partial charge in [0, 0.05) is 12.0 Å². The standard InChI is InChI=1S/C14H19FO3/c1-9(2)14-11(15)7-10(8-12(14)18-3)5-4-6-13(16)17/h7-9H,4-6H2,1-3H3,(H,16,17). The zero-order valence-corrected chi connectivity index (χ0v) is 11.0. The highest BCUT2D eigenvalue weighted by Crippen LogP contribution is 2.30. The van der Waals surface area contributed by atoms with Gasteiger partial charge in [0.2, 0.25) is 0 Å². The van der Waals surface area contributed by atoms with Crippen molar-refractivity contribution in [3.8, 4) is 5.75 Å². The fraction of sp³-hybridized carbons (Fsp3) is 0.500. The Hall–Kier alpha value is -1.58. The molecular formula is C14H19FO3. The molecule has 0 saturated heterocycles. The molecule has 0 aromatic heterocycles. The molecule has 0 atom stereocenters. The lowest BCUT2D eigenvalue weighted by atomic mass is 9.97. The third kappa shape index (κ3) is 3.72. The van der Waals surface area contributed by atoms with Crippen LogP contribution in [0.4, 0.5) is 4.39 Å². The van der Waals surface area contributed by atoms with Crippen LogP contribution in [0.2, 0.25) is 0 Å². The van der Waals surface area contributed by atoms with E-state index >= 15 is 0 Å². The number of carboxylic acids is 1. The van der Waals surface area contributed by atoms with E-state index in [0.29, 0.717) is 24.2 Å². The van der Waals surface area contributed by atoms with Crippen LogP contribution in [0.15, 0.2) is 12.1 Å². The van der Waals surface area contributed by atoms with Crippen LogP contribution in [0.25, 0.3) is 0 Å². The van der Waals surface area contributed by atoms with E-state index in [4.69, 9.17) is 9.84 Å². The van der Waals surface area contributed by atoms with E-state index in [1.807, 2.05) is 13.8 Å². The summed E-state index contributed by atoms with van der Waals surface area (Å²) in [5, 5.41) is 8.56. The summed E-state index contributed by atoms with van der Waals surface area (Å²) < 4.78 is 19.1. The molecule has 1 N–H and O–H groups in total. The number of aliphatic carboxylic acids is 1. The third-order valence-electron chi connectivity index (χ3n) is 2.80. The maximum absolute atomic E-state index is 13.9. The van der Waals surface area contributed by atoms with Crippen LogP contribution in [0, 0.1) is 5.82 Å². The smallest absolute Gasteiger partial charge is 0.303 e. The van der Waals surface area contributed by atoms with Gasteiger partial charge in [-0.15, -0.1) is 0 Å². The number of benzene rings is 1. The fourth-order valence-electron chi connectivity index (χ4n) is 1.96. The molecule has 0 unspecified atom stereocenters. The SMILES string of the molecule is COc1cc(CCCC(=O)O)cc(F)c1C(C)C. The first kappa shape index (κ1) is 14.5. The van der Waals surface area contributed by atoms with E-state index in [2.05, 4.69) is 0 Å². The van der Waals surface area contributed by atoms with E-state index in [-0.39, 0.29) is 18.2 Å². The minimum atomic E-state index is -0.832. The molecule has 0 aliphatic rings. The molecule has 18 heavy (non-hydrogen) atoms. The Bertz CT molecular complexity index is 427. The van der Waals surface area contributed by atoms with Gasteiger partial charge in [-0.25, -0.2) is 4.39 Å². The van der Waals surface area contributed by atoms with E-state index in [0.717, 1.165) is 5.56 Å². The van der Waals surface area contributed by atoms with Crippen molar-refractivity contribution in [3.05, 3.63) is 29.1 Å². The van der Waals surface area contributed by atoms with Crippen molar-refractivity contribution >= 4 is 5.97 Å². The van der Waals surface area contributed by atoms with Gasteiger partial charge >= 0.3 is 5.97 Å². The first-order valence-electron chi connectivity index (χ1n) is 6.03. The second kappa shape index (κ2) is 6.38. The van der Waals surface area contributed by atoms with Gasteiger partial charge < -0.3 is 9.84 Å². The van der Waals surface area contributed by atoms with Crippen LogP contribution in [0.1, 0.15) is 43.7 Å². The predicted octanol–water partition coefficient (Wildman–Crippen LogP) is 3.37. The Kier molecular flexibility index (Phi) is 5.13. The normalized spacial score (nSPS) is 10.7. The molecule has 3 nitrogen and oxygen atoms in total. The van der Waals surface area contributed by atoms with Gasteiger partial charge in [-0.3, -0.25) is 4.79 Å². The second-order valence-corrected chi connectivity index (χ2v) is 4.60. The van der Waals surface area contributed by atoms with E-state index in [9.17, 15) is 9.18 Å². The second-order valence-electron chi connectivity index (χ2n) is 4.60. The molecular weight excluding hydrogens is 235 g/mol. The monoisotopic (exact) mass is 254 g/mol. The average Bonchev–Trinajstić information content (AvgIpc) is 2.26. The Balaban J connectivity index is 2.89. The van der Waals surface area contributed by atoms with Gasteiger partial charge in [0.15, 0.2) is 0 Å². The van der Waals surface area contributed by atoms with Crippen molar-refractivity contribution in [2.45, 2.75) is 39.0 Å². The number of hydrogen-bond acceptors (Lipinski definition) is 2. The predicted molar refractivity (Wildman–Crippen MR) is 67.6 cm³/mol. The van der Waals surface area contributed by atoms with Crippen molar-refractivity contribution in [1.29, 1.82) is 0 Å². The molecule has 0 aliphatic heterocycles. The average molecular weight is 254 g/mol. The van der Waals surface area contributed by atoms with Crippen LogP contribution in [-0.4, -0.2) is 18.2 Å². The zero-order chi connectivity index (χ0) is 13.7. The van der Waals surface area contributed by atoms with E-state index in [1.54, 1.807) is 6.07 Å². The highest BCUT2D eigenvalue weighted by Gasteiger charge is 2.14. The maximum atomic E-state index is 13.9. The Labute approximate surface area is 107 Å². The molecule has 0 fully saturated rings. The lowest BCUT2D eigenvalue weighted by molar-refractivity contribution is -0.137. The van der Waals surface area contributed by atoms with Crippen molar-refractivity contribution in [2.24, 2.45) is 0 Å². The molecule has 0 heterocycles. The summed E-state index contributed by atoms with van der Waals surface area (Å²) in [4.78, 5) is 10.4. The number of hydrogen-bond donors (Lipinski definition) is 1. The summed E-state index contributed by atoms with van der Waals surface area (Å²) in [7, 11) is 1.52. The molecule has 1 aromatic carbocycles. The Morgan fingerprint density at radius 1 is 1.44 bits per heavy atom.